The number of esters is 1. The first-order chi connectivity index (χ1) is 16.3. The van der Waals surface area contributed by atoms with Crippen LogP contribution in [0.3, 0.4) is 0 Å². The molecule has 0 spiro atoms. The van der Waals surface area contributed by atoms with Crippen LogP contribution in [0.4, 0.5) is 0 Å². The molecule has 1 aliphatic carbocycles. The van der Waals surface area contributed by atoms with Crippen molar-refractivity contribution in [3.8, 4) is 11.5 Å². The minimum Gasteiger partial charge on any atom is -0.497 e. The van der Waals surface area contributed by atoms with Crippen LogP contribution in [0.15, 0.2) is 30.4 Å². The topological polar surface area (TPSA) is 92.7 Å². The lowest BCUT2D eigenvalue weighted by molar-refractivity contribution is -0.152. The summed E-state index contributed by atoms with van der Waals surface area (Å²) in [5.74, 6) is -0.381. The maximum atomic E-state index is 13.4. The van der Waals surface area contributed by atoms with Crippen molar-refractivity contribution in [3.05, 3.63) is 41.5 Å². The van der Waals surface area contributed by atoms with Gasteiger partial charge in [-0.2, -0.15) is 0 Å². The van der Waals surface area contributed by atoms with Crippen LogP contribution in [-0.2, 0) is 18.9 Å². The molecule has 1 N–H and O–H groups in total. The number of fused-ring (bicyclic) bond motifs is 3. The number of hydrogen-bond acceptors (Lipinski definition) is 8. The normalized spacial score (nSPS) is 32.5. The molecule has 4 rings (SSSR count). The number of benzene rings is 1. The highest BCUT2D eigenvalue weighted by Crippen LogP contribution is 2.37. The summed E-state index contributed by atoms with van der Waals surface area (Å²) in [6.45, 7) is 3.66. The summed E-state index contributed by atoms with van der Waals surface area (Å²) < 4.78 is 34.3. The first-order valence-electron chi connectivity index (χ1n) is 11.7. The van der Waals surface area contributed by atoms with E-state index in [9.17, 15) is 9.90 Å². The Morgan fingerprint density at radius 3 is 2.71 bits per heavy atom. The molecule has 186 valence electrons. The van der Waals surface area contributed by atoms with Crippen LogP contribution in [0.5, 0.6) is 11.5 Å². The Balaban J connectivity index is 1.76. The lowest BCUT2D eigenvalue weighted by Gasteiger charge is -2.22. The highest BCUT2D eigenvalue weighted by atomic mass is 16.8. The second-order valence-electron chi connectivity index (χ2n) is 9.33. The van der Waals surface area contributed by atoms with Gasteiger partial charge in [-0.1, -0.05) is 24.3 Å². The third-order valence-corrected chi connectivity index (χ3v) is 6.42. The lowest BCUT2D eigenvalue weighted by atomic mass is 9.98. The van der Waals surface area contributed by atoms with Crippen molar-refractivity contribution >= 4 is 12.0 Å². The Labute approximate surface area is 200 Å². The average Bonchev–Trinajstić information content (AvgIpc) is 3.37. The minimum atomic E-state index is -0.832. The number of aliphatic hydroxyl groups excluding tert-OH is 1. The number of rotatable bonds is 4. The molecule has 8 heteroatoms. The van der Waals surface area contributed by atoms with Gasteiger partial charge in [0.1, 0.15) is 35.4 Å². The summed E-state index contributed by atoms with van der Waals surface area (Å²) in [5, 5.41) is 10.9. The monoisotopic (exact) mass is 474 g/mol. The van der Waals surface area contributed by atoms with Crippen LogP contribution in [0.25, 0.3) is 6.08 Å². The largest absolute Gasteiger partial charge is 0.497 e. The number of hydrogen-bond donors (Lipinski definition) is 1. The Morgan fingerprint density at radius 1 is 1.12 bits per heavy atom. The molecule has 2 aliphatic heterocycles. The second-order valence-corrected chi connectivity index (χ2v) is 9.33. The molecule has 1 aromatic carbocycles. The molecule has 1 unspecified atom stereocenters. The Kier molecular flexibility index (Phi) is 7.62. The van der Waals surface area contributed by atoms with E-state index in [1.54, 1.807) is 25.3 Å². The van der Waals surface area contributed by atoms with Gasteiger partial charge in [-0.3, -0.25) is 0 Å². The SMILES string of the molecule is COCOc1cc(OC)cc2c1C(=O)O[C@H]1CCC[C@H]1/C=C\C(O)[C@H]1OC(C)(C)O[C@H]1C/C=C/2. The van der Waals surface area contributed by atoms with Crippen molar-refractivity contribution in [3.63, 3.8) is 0 Å². The van der Waals surface area contributed by atoms with E-state index in [4.69, 9.17) is 28.4 Å². The van der Waals surface area contributed by atoms with Crippen LogP contribution in [0, 0.1) is 5.92 Å². The van der Waals surface area contributed by atoms with Gasteiger partial charge in [-0.15, -0.1) is 0 Å². The number of methoxy groups -OCH3 is 2. The molecule has 0 bridgehead atoms. The molecular formula is C26H34O8. The zero-order valence-electron chi connectivity index (χ0n) is 20.2. The fraction of sp³-hybridized carbons (Fsp3) is 0.577. The predicted molar refractivity (Wildman–Crippen MR) is 125 cm³/mol. The second kappa shape index (κ2) is 10.5. The van der Waals surface area contributed by atoms with Crippen LogP contribution >= 0.6 is 0 Å². The Morgan fingerprint density at radius 2 is 1.94 bits per heavy atom. The third kappa shape index (κ3) is 5.46. The maximum absolute atomic E-state index is 13.4. The predicted octanol–water partition coefficient (Wildman–Crippen LogP) is 3.86. The van der Waals surface area contributed by atoms with Gasteiger partial charge in [-0.05, 0) is 51.2 Å². The molecule has 0 radical (unpaired) electrons. The molecule has 2 heterocycles. The number of ether oxygens (including phenoxy) is 6. The summed E-state index contributed by atoms with van der Waals surface area (Å²) in [5.41, 5.74) is 0.925. The summed E-state index contributed by atoms with van der Waals surface area (Å²) >= 11 is 0. The molecule has 34 heavy (non-hydrogen) atoms. The standard InChI is InChI=1S/C26H34O8/c1-26(2)33-21-10-6-8-17-13-18(30-4)14-22(31-15-29-3)23(17)25(28)32-20-9-5-7-16(20)11-12-19(27)24(21)34-26/h6,8,11-14,16,19-21,24,27H,5,7,9-10,15H2,1-4H3/b8-6+,12-11-/t16-,19?,20-,21-,24+/m0/s1. The Hall–Kier alpha value is -2.39. The van der Waals surface area contributed by atoms with Gasteiger partial charge in [0.05, 0.1) is 13.2 Å². The van der Waals surface area contributed by atoms with Gasteiger partial charge >= 0.3 is 5.97 Å². The van der Waals surface area contributed by atoms with Gasteiger partial charge in [-0.25, -0.2) is 4.79 Å². The van der Waals surface area contributed by atoms with Gasteiger partial charge in [0.2, 0.25) is 0 Å². The van der Waals surface area contributed by atoms with Crippen LogP contribution in [-0.4, -0.2) is 62.3 Å². The number of aliphatic hydroxyl groups is 1. The molecular weight excluding hydrogens is 440 g/mol. The fourth-order valence-electron chi connectivity index (χ4n) is 4.86. The first-order valence-corrected chi connectivity index (χ1v) is 11.7. The van der Waals surface area contributed by atoms with Crippen molar-refractivity contribution in [2.24, 2.45) is 5.92 Å². The van der Waals surface area contributed by atoms with Crippen LogP contribution in [0.2, 0.25) is 0 Å². The fourth-order valence-corrected chi connectivity index (χ4v) is 4.86. The molecule has 1 aromatic rings. The summed E-state index contributed by atoms with van der Waals surface area (Å²) in [6, 6.07) is 3.43. The molecule has 1 saturated carbocycles. The van der Waals surface area contributed by atoms with Crippen LogP contribution in [0.1, 0.15) is 55.5 Å². The molecule has 1 saturated heterocycles. The van der Waals surface area contributed by atoms with Crippen molar-refractivity contribution in [2.75, 3.05) is 21.0 Å². The van der Waals surface area contributed by atoms with E-state index in [0.717, 1.165) is 19.3 Å². The zero-order chi connectivity index (χ0) is 24.3. The van der Waals surface area contributed by atoms with Crippen LogP contribution < -0.4 is 9.47 Å². The molecule has 0 aromatic heterocycles. The minimum absolute atomic E-state index is 0.0101. The molecule has 2 fully saturated rings. The number of carbonyl (C=O) groups excluding carboxylic acids is 1. The molecule has 5 atom stereocenters. The first kappa shape index (κ1) is 24.7. The third-order valence-electron chi connectivity index (χ3n) is 6.42. The Bertz CT molecular complexity index is 937. The summed E-state index contributed by atoms with van der Waals surface area (Å²) in [7, 11) is 3.07. The molecule has 3 aliphatic rings. The zero-order valence-corrected chi connectivity index (χ0v) is 20.2. The average molecular weight is 475 g/mol. The van der Waals surface area contributed by atoms with Gasteiger partial charge < -0.3 is 33.5 Å². The van der Waals surface area contributed by atoms with Crippen molar-refractivity contribution in [1.82, 2.24) is 0 Å². The molecule has 0 amide bonds. The van der Waals surface area contributed by atoms with Crippen molar-refractivity contribution in [2.45, 2.75) is 69.7 Å². The van der Waals surface area contributed by atoms with E-state index in [-0.39, 0.29) is 24.9 Å². The van der Waals surface area contributed by atoms with E-state index < -0.39 is 24.0 Å². The van der Waals surface area contributed by atoms with Gasteiger partial charge in [0.25, 0.3) is 0 Å². The summed E-state index contributed by atoms with van der Waals surface area (Å²) in [4.78, 5) is 13.4. The maximum Gasteiger partial charge on any atom is 0.342 e. The van der Waals surface area contributed by atoms with E-state index in [0.29, 0.717) is 29.0 Å². The quantitative estimate of drug-likeness (QED) is 0.400. The highest BCUT2D eigenvalue weighted by molar-refractivity contribution is 5.97. The number of carbonyl (C=O) groups is 1. The highest BCUT2D eigenvalue weighted by Gasteiger charge is 2.43. The molecule has 8 nitrogen and oxygen atoms in total. The summed E-state index contributed by atoms with van der Waals surface area (Å²) in [6.07, 6.45) is 8.48. The van der Waals surface area contributed by atoms with E-state index >= 15 is 0 Å². The van der Waals surface area contributed by atoms with Crippen molar-refractivity contribution in [1.29, 1.82) is 0 Å². The van der Waals surface area contributed by atoms with Crippen molar-refractivity contribution < 1.29 is 38.3 Å². The van der Waals surface area contributed by atoms with Gasteiger partial charge in [0, 0.05) is 19.1 Å². The lowest BCUT2D eigenvalue weighted by Crippen LogP contribution is -2.34. The van der Waals surface area contributed by atoms with E-state index in [1.165, 1.54) is 7.11 Å². The van der Waals surface area contributed by atoms with E-state index in [1.807, 2.05) is 32.1 Å². The smallest absolute Gasteiger partial charge is 0.342 e. The van der Waals surface area contributed by atoms with E-state index in [2.05, 4.69) is 0 Å². The van der Waals surface area contributed by atoms with Gasteiger partial charge in [0.15, 0.2) is 12.6 Å².